The zero-order chi connectivity index (χ0) is 12.8. The molecule has 19 heavy (non-hydrogen) atoms. The lowest BCUT2D eigenvalue weighted by Gasteiger charge is -2.12. The maximum Gasteiger partial charge on any atom is 0.137 e. The largest absolute Gasteiger partial charge is 0.237 e. The molecule has 2 aromatic rings. The van der Waals surface area contributed by atoms with Crippen molar-refractivity contribution in [2.45, 2.75) is 38.0 Å². The van der Waals surface area contributed by atoms with E-state index in [2.05, 4.69) is 29.2 Å². The molecule has 0 saturated heterocycles. The number of rotatable bonds is 1. The highest BCUT2D eigenvalue weighted by Crippen LogP contribution is 2.38. The van der Waals surface area contributed by atoms with E-state index in [0.717, 1.165) is 37.9 Å². The lowest BCUT2D eigenvalue weighted by Crippen LogP contribution is -2.06. The molecule has 0 fully saturated rings. The van der Waals surface area contributed by atoms with Crippen molar-refractivity contribution in [3.63, 3.8) is 0 Å². The molecule has 0 aliphatic heterocycles. The zero-order valence-corrected chi connectivity index (χ0v) is 11.5. The molecular weight excluding hydrogens is 256 g/mol. The Morgan fingerprint density at radius 2 is 1.95 bits per heavy atom. The van der Waals surface area contributed by atoms with Crippen molar-refractivity contribution in [3.05, 3.63) is 57.6 Å². The second-order valence-electron chi connectivity index (χ2n) is 5.44. The molecule has 0 amide bonds. The summed E-state index contributed by atoms with van der Waals surface area (Å²) < 4.78 is 0. The molecule has 1 heterocycles. The van der Waals surface area contributed by atoms with Crippen molar-refractivity contribution in [1.29, 1.82) is 0 Å². The Labute approximate surface area is 117 Å². The highest BCUT2D eigenvalue weighted by atomic mass is 35.5. The summed E-state index contributed by atoms with van der Waals surface area (Å²) in [6.45, 7) is 0. The van der Waals surface area contributed by atoms with Crippen LogP contribution in [0.3, 0.4) is 0 Å². The minimum Gasteiger partial charge on any atom is -0.237 e. The highest BCUT2D eigenvalue weighted by Gasteiger charge is 2.28. The van der Waals surface area contributed by atoms with Crippen LogP contribution in [0, 0.1) is 0 Å². The van der Waals surface area contributed by atoms with E-state index < -0.39 is 0 Å². The van der Waals surface area contributed by atoms with E-state index in [1.807, 2.05) is 0 Å². The van der Waals surface area contributed by atoms with Crippen molar-refractivity contribution in [2.75, 3.05) is 0 Å². The second-order valence-corrected chi connectivity index (χ2v) is 5.80. The van der Waals surface area contributed by atoms with E-state index in [4.69, 9.17) is 16.6 Å². The van der Waals surface area contributed by atoms with Crippen molar-refractivity contribution in [2.24, 2.45) is 0 Å². The van der Waals surface area contributed by atoms with Gasteiger partial charge in [-0.3, -0.25) is 0 Å². The van der Waals surface area contributed by atoms with Crippen LogP contribution in [0.2, 0.25) is 5.15 Å². The number of nitrogens with zero attached hydrogens (tertiary/aromatic N) is 2. The maximum atomic E-state index is 6.33. The SMILES string of the molecule is Clc1nc(C2CCc3ccccc32)nc2c1CCC2. The molecule has 0 bridgehead atoms. The van der Waals surface area contributed by atoms with Gasteiger partial charge in [-0.2, -0.15) is 0 Å². The first-order valence-corrected chi connectivity index (χ1v) is 7.33. The fourth-order valence-electron chi connectivity index (χ4n) is 3.39. The Morgan fingerprint density at radius 1 is 1.05 bits per heavy atom. The van der Waals surface area contributed by atoms with Gasteiger partial charge in [-0.25, -0.2) is 9.97 Å². The topological polar surface area (TPSA) is 25.8 Å². The molecule has 0 spiro atoms. The molecule has 2 aliphatic rings. The van der Waals surface area contributed by atoms with E-state index in [9.17, 15) is 0 Å². The molecule has 96 valence electrons. The van der Waals surface area contributed by atoms with Gasteiger partial charge in [0.2, 0.25) is 0 Å². The van der Waals surface area contributed by atoms with Crippen LogP contribution in [0.4, 0.5) is 0 Å². The highest BCUT2D eigenvalue weighted by molar-refractivity contribution is 6.30. The number of aromatic nitrogens is 2. The van der Waals surface area contributed by atoms with Gasteiger partial charge in [-0.15, -0.1) is 0 Å². The fourth-order valence-corrected chi connectivity index (χ4v) is 3.68. The van der Waals surface area contributed by atoms with Crippen LogP contribution in [-0.2, 0) is 19.3 Å². The molecule has 2 aliphatic carbocycles. The first-order valence-electron chi connectivity index (χ1n) is 6.96. The molecule has 1 atom stereocenters. The third-order valence-electron chi connectivity index (χ3n) is 4.34. The smallest absolute Gasteiger partial charge is 0.137 e. The minimum absolute atomic E-state index is 0.333. The molecule has 3 heteroatoms. The molecule has 4 rings (SSSR count). The Morgan fingerprint density at radius 3 is 2.89 bits per heavy atom. The molecule has 1 aromatic heterocycles. The minimum atomic E-state index is 0.333. The average molecular weight is 271 g/mol. The van der Waals surface area contributed by atoms with Gasteiger partial charge in [0.15, 0.2) is 0 Å². The summed E-state index contributed by atoms with van der Waals surface area (Å²) in [7, 11) is 0. The Kier molecular flexibility index (Phi) is 2.59. The lowest BCUT2D eigenvalue weighted by molar-refractivity contribution is 0.720. The van der Waals surface area contributed by atoms with Crippen LogP contribution < -0.4 is 0 Å². The van der Waals surface area contributed by atoms with Crippen molar-refractivity contribution < 1.29 is 0 Å². The van der Waals surface area contributed by atoms with E-state index in [0.29, 0.717) is 11.1 Å². The third-order valence-corrected chi connectivity index (χ3v) is 4.66. The van der Waals surface area contributed by atoms with Crippen molar-refractivity contribution in [1.82, 2.24) is 9.97 Å². The first kappa shape index (κ1) is 11.4. The molecule has 0 N–H and O–H groups in total. The molecule has 0 radical (unpaired) electrons. The van der Waals surface area contributed by atoms with Crippen molar-refractivity contribution in [3.8, 4) is 0 Å². The fraction of sp³-hybridized carbons (Fsp3) is 0.375. The molecule has 2 nitrogen and oxygen atoms in total. The number of hydrogen-bond acceptors (Lipinski definition) is 2. The van der Waals surface area contributed by atoms with Gasteiger partial charge < -0.3 is 0 Å². The van der Waals surface area contributed by atoms with E-state index in [1.165, 1.54) is 22.4 Å². The van der Waals surface area contributed by atoms with Crippen LogP contribution in [0.15, 0.2) is 24.3 Å². The normalized spacial score (nSPS) is 20.4. The van der Waals surface area contributed by atoms with Gasteiger partial charge in [-0.1, -0.05) is 35.9 Å². The van der Waals surface area contributed by atoms with Gasteiger partial charge in [0.05, 0.1) is 0 Å². The van der Waals surface area contributed by atoms with E-state index in [1.54, 1.807) is 0 Å². The Balaban J connectivity index is 1.81. The summed E-state index contributed by atoms with van der Waals surface area (Å²) in [5, 5.41) is 0.682. The van der Waals surface area contributed by atoms with Gasteiger partial charge in [0.1, 0.15) is 11.0 Å². The molecule has 1 aromatic carbocycles. The average Bonchev–Trinajstić information content (AvgIpc) is 3.04. The number of hydrogen-bond donors (Lipinski definition) is 0. The summed E-state index contributed by atoms with van der Waals surface area (Å²) >= 11 is 6.33. The monoisotopic (exact) mass is 270 g/mol. The third kappa shape index (κ3) is 1.78. The molecule has 0 saturated carbocycles. The quantitative estimate of drug-likeness (QED) is 0.739. The number of halogens is 1. The first-order chi connectivity index (χ1) is 9.33. The van der Waals surface area contributed by atoms with Crippen LogP contribution in [0.5, 0.6) is 0 Å². The maximum absolute atomic E-state index is 6.33. The summed E-state index contributed by atoms with van der Waals surface area (Å²) in [6, 6.07) is 8.63. The number of aryl methyl sites for hydroxylation is 2. The summed E-state index contributed by atoms with van der Waals surface area (Å²) in [4.78, 5) is 9.38. The van der Waals surface area contributed by atoms with Crippen LogP contribution in [0.25, 0.3) is 0 Å². The predicted molar refractivity (Wildman–Crippen MR) is 75.7 cm³/mol. The van der Waals surface area contributed by atoms with Crippen LogP contribution in [-0.4, -0.2) is 9.97 Å². The molecular formula is C16H15ClN2. The Hall–Kier alpha value is -1.41. The summed E-state index contributed by atoms with van der Waals surface area (Å²) in [6.07, 6.45) is 5.48. The predicted octanol–water partition coefficient (Wildman–Crippen LogP) is 3.70. The number of fused-ring (bicyclic) bond motifs is 2. The van der Waals surface area contributed by atoms with Gasteiger partial charge in [0.25, 0.3) is 0 Å². The molecule has 1 unspecified atom stereocenters. The second kappa shape index (κ2) is 4.31. The zero-order valence-electron chi connectivity index (χ0n) is 10.7. The lowest BCUT2D eigenvalue weighted by atomic mass is 10.0. The summed E-state index contributed by atoms with van der Waals surface area (Å²) in [5.41, 5.74) is 5.18. The van der Waals surface area contributed by atoms with E-state index in [-0.39, 0.29) is 0 Å². The van der Waals surface area contributed by atoms with Gasteiger partial charge in [0, 0.05) is 17.2 Å². The van der Waals surface area contributed by atoms with Gasteiger partial charge in [-0.05, 0) is 43.2 Å². The number of benzene rings is 1. The Bertz CT molecular complexity index is 651. The van der Waals surface area contributed by atoms with Crippen LogP contribution in [0.1, 0.15) is 47.0 Å². The van der Waals surface area contributed by atoms with Crippen LogP contribution >= 0.6 is 11.6 Å². The summed E-state index contributed by atoms with van der Waals surface area (Å²) in [5.74, 6) is 1.26. The standard InChI is InChI=1S/C16H15ClN2/c17-15-13-6-3-7-14(13)18-16(19-15)12-9-8-10-4-1-2-5-11(10)12/h1-2,4-5,12H,3,6-9H2. The van der Waals surface area contributed by atoms with Gasteiger partial charge >= 0.3 is 0 Å². The van der Waals surface area contributed by atoms with E-state index >= 15 is 0 Å². The van der Waals surface area contributed by atoms with Crippen molar-refractivity contribution >= 4 is 11.6 Å².